The van der Waals surface area contributed by atoms with Gasteiger partial charge in [-0.25, -0.2) is 9.97 Å². The summed E-state index contributed by atoms with van der Waals surface area (Å²) in [6.07, 6.45) is 4.67. The third-order valence-electron chi connectivity index (χ3n) is 3.19. The SMILES string of the molecule is CCc1cnc(C(C)Nc2cc(-c3nc(C)no3)ccn2)s1. The normalized spacial score (nSPS) is 12.3. The first-order valence-corrected chi connectivity index (χ1v) is 7.95. The lowest BCUT2D eigenvalue weighted by molar-refractivity contribution is 0.425. The van der Waals surface area contributed by atoms with E-state index in [0.29, 0.717) is 11.7 Å². The summed E-state index contributed by atoms with van der Waals surface area (Å²) in [7, 11) is 0. The van der Waals surface area contributed by atoms with Gasteiger partial charge >= 0.3 is 0 Å². The number of hydrogen-bond donors (Lipinski definition) is 1. The van der Waals surface area contributed by atoms with Gasteiger partial charge in [0.05, 0.1) is 6.04 Å². The minimum absolute atomic E-state index is 0.0949. The van der Waals surface area contributed by atoms with Crippen molar-refractivity contribution in [3.05, 3.63) is 40.2 Å². The number of nitrogens with zero attached hydrogens (tertiary/aromatic N) is 4. The van der Waals surface area contributed by atoms with Crippen LogP contribution in [0.3, 0.4) is 0 Å². The average molecular weight is 315 g/mol. The molecule has 0 bridgehead atoms. The molecule has 0 amide bonds. The van der Waals surface area contributed by atoms with Gasteiger partial charge in [-0.05, 0) is 32.4 Å². The Morgan fingerprint density at radius 2 is 2.23 bits per heavy atom. The maximum atomic E-state index is 5.19. The zero-order chi connectivity index (χ0) is 15.5. The van der Waals surface area contributed by atoms with Gasteiger partial charge in [-0.1, -0.05) is 12.1 Å². The van der Waals surface area contributed by atoms with Crippen LogP contribution in [0, 0.1) is 6.92 Å². The van der Waals surface area contributed by atoms with Crippen LogP contribution in [-0.4, -0.2) is 20.1 Å². The largest absolute Gasteiger partial charge is 0.361 e. The first kappa shape index (κ1) is 14.6. The van der Waals surface area contributed by atoms with Gasteiger partial charge in [-0.15, -0.1) is 11.3 Å². The summed E-state index contributed by atoms with van der Waals surface area (Å²) in [6.45, 7) is 6.00. The maximum Gasteiger partial charge on any atom is 0.258 e. The number of rotatable bonds is 5. The van der Waals surface area contributed by atoms with Crippen LogP contribution in [0.2, 0.25) is 0 Å². The lowest BCUT2D eigenvalue weighted by Gasteiger charge is -2.12. The molecule has 0 saturated heterocycles. The van der Waals surface area contributed by atoms with Crippen LogP contribution >= 0.6 is 11.3 Å². The van der Waals surface area contributed by atoms with E-state index in [9.17, 15) is 0 Å². The topological polar surface area (TPSA) is 76.7 Å². The summed E-state index contributed by atoms with van der Waals surface area (Å²) >= 11 is 1.72. The van der Waals surface area contributed by atoms with E-state index in [-0.39, 0.29) is 6.04 Å². The monoisotopic (exact) mass is 315 g/mol. The van der Waals surface area contributed by atoms with Crippen molar-refractivity contribution in [1.29, 1.82) is 0 Å². The van der Waals surface area contributed by atoms with E-state index in [0.717, 1.165) is 22.8 Å². The summed E-state index contributed by atoms with van der Waals surface area (Å²) in [5.41, 5.74) is 0.846. The number of aryl methyl sites for hydroxylation is 2. The number of pyridine rings is 1. The van der Waals surface area contributed by atoms with E-state index in [1.807, 2.05) is 18.3 Å². The van der Waals surface area contributed by atoms with Crippen LogP contribution in [0.4, 0.5) is 5.82 Å². The van der Waals surface area contributed by atoms with Crippen molar-refractivity contribution in [2.24, 2.45) is 0 Å². The average Bonchev–Trinajstić information content (AvgIpc) is 3.16. The molecule has 3 rings (SSSR count). The zero-order valence-corrected chi connectivity index (χ0v) is 13.5. The molecular weight excluding hydrogens is 298 g/mol. The Hall–Kier alpha value is -2.28. The highest BCUT2D eigenvalue weighted by atomic mass is 32.1. The van der Waals surface area contributed by atoms with Crippen molar-refractivity contribution >= 4 is 17.2 Å². The Kier molecular flexibility index (Phi) is 4.15. The highest BCUT2D eigenvalue weighted by Gasteiger charge is 2.12. The Bertz CT molecular complexity index is 767. The van der Waals surface area contributed by atoms with E-state index in [4.69, 9.17) is 4.52 Å². The van der Waals surface area contributed by atoms with E-state index >= 15 is 0 Å². The Labute approximate surface area is 132 Å². The van der Waals surface area contributed by atoms with Crippen LogP contribution in [0.25, 0.3) is 11.5 Å². The van der Waals surface area contributed by atoms with E-state index in [2.05, 4.69) is 39.3 Å². The molecule has 0 radical (unpaired) electrons. The van der Waals surface area contributed by atoms with Crippen LogP contribution in [0.5, 0.6) is 0 Å². The molecule has 3 aromatic heterocycles. The fourth-order valence-electron chi connectivity index (χ4n) is 2.03. The smallest absolute Gasteiger partial charge is 0.258 e. The molecule has 1 unspecified atom stereocenters. The summed E-state index contributed by atoms with van der Waals surface area (Å²) in [5, 5.41) is 8.22. The van der Waals surface area contributed by atoms with Crippen LogP contribution in [0.15, 0.2) is 29.0 Å². The molecule has 0 aliphatic rings. The molecular formula is C15H17N5OS. The molecule has 7 heteroatoms. The fourth-order valence-corrected chi connectivity index (χ4v) is 2.89. The molecule has 22 heavy (non-hydrogen) atoms. The lowest BCUT2D eigenvalue weighted by atomic mass is 10.2. The van der Waals surface area contributed by atoms with E-state index in [1.165, 1.54) is 4.88 Å². The highest BCUT2D eigenvalue weighted by Crippen LogP contribution is 2.25. The molecule has 0 aliphatic carbocycles. The number of thiazole rings is 1. The van der Waals surface area contributed by atoms with Crippen molar-refractivity contribution in [2.45, 2.75) is 33.2 Å². The molecule has 0 aromatic carbocycles. The molecule has 114 valence electrons. The predicted molar refractivity (Wildman–Crippen MR) is 85.8 cm³/mol. The van der Waals surface area contributed by atoms with Gasteiger partial charge in [0.15, 0.2) is 5.82 Å². The minimum Gasteiger partial charge on any atom is -0.361 e. The molecule has 3 heterocycles. The van der Waals surface area contributed by atoms with Gasteiger partial charge in [0.2, 0.25) is 0 Å². The molecule has 6 nitrogen and oxygen atoms in total. The minimum atomic E-state index is 0.0949. The molecule has 1 N–H and O–H groups in total. The van der Waals surface area contributed by atoms with Crippen molar-refractivity contribution in [3.8, 4) is 11.5 Å². The number of aromatic nitrogens is 4. The van der Waals surface area contributed by atoms with Gasteiger partial charge in [-0.3, -0.25) is 0 Å². The predicted octanol–water partition coefficient (Wildman–Crippen LogP) is 3.63. The van der Waals surface area contributed by atoms with Crippen molar-refractivity contribution in [1.82, 2.24) is 20.1 Å². The first-order valence-electron chi connectivity index (χ1n) is 7.13. The Morgan fingerprint density at radius 3 is 2.91 bits per heavy atom. The fraction of sp³-hybridized carbons (Fsp3) is 0.333. The van der Waals surface area contributed by atoms with E-state index in [1.54, 1.807) is 24.5 Å². The second-order valence-electron chi connectivity index (χ2n) is 4.96. The Morgan fingerprint density at radius 1 is 1.36 bits per heavy atom. The van der Waals surface area contributed by atoms with Crippen molar-refractivity contribution in [3.63, 3.8) is 0 Å². The summed E-state index contributed by atoms with van der Waals surface area (Å²) in [5.74, 6) is 1.87. The van der Waals surface area contributed by atoms with Crippen LogP contribution in [-0.2, 0) is 6.42 Å². The summed E-state index contributed by atoms with van der Waals surface area (Å²) in [6, 6.07) is 3.84. The molecule has 0 spiro atoms. The number of anilines is 1. The van der Waals surface area contributed by atoms with Crippen molar-refractivity contribution in [2.75, 3.05) is 5.32 Å². The lowest BCUT2D eigenvalue weighted by Crippen LogP contribution is -2.07. The third-order valence-corrected chi connectivity index (χ3v) is 4.51. The molecule has 0 saturated carbocycles. The van der Waals surface area contributed by atoms with Gasteiger partial charge in [-0.2, -0.15) is 4.98 Å². The number of hydrogen-bond acceptors (Lipinski definition) is 7. The van der Waals surface area contributed by atoms with Gasteiger partial charge in [0.1, 0.15) is 10.8 Å². The highest BCUT2D eigenvalue weighted by molar-refractivity contribution is 7.11. The summed E-state index contributed by atoms with van der Waals surface area (Å²) < 4.78 is 5.19. The molecule has 1 atom stereocenters. The third kappa shape index (κ3) is 3.14. The number of nitrogens with one attached hydrogen (secondary N) is 1. The molecule has 0 aliphatic heterocycles. The van der Waals surface area contributed by atoms with Gasteiger partial charge < -0.3 is 9.84 Å². The second-order valence-corrected chi connectivity index (χ2v) is 6.11. The van der Waals surface area contributed by atoms with Gasteiger partial charge in [0.25, 0.3) is 5.89 Å². The Balaban J connectivity index is 1.77. The maximum absolute atomic E-state index is 5.19. The van der Waals surface area contributed by atoms with Crippen molar-refractivity contribution < 1.29 is 4.52 Å². The molecule has 0 fully saturated rings. The molecule has 3 aromatic rings. The first-order chi connectivity index (χ1) is 10.7. The van der Waals surface area contributed by atoms with Crippen LogP contribution < -0.4 is 5.32 Å². The quantitative estimate of drug-likeness (QED) is 0.774. The van der Waals surface area contributed by atoms with Crippen LogP contribution in [0.1, 0.15) is 35.6 Å². The second kappa shape index (κ2) is 6.23. The summed E-state index contributed by atoms with van der Waals surface area (Å²) in [4.78, 5) is 14.3. The standard InChI is InChI=1S/C15H17N5OS/c1-4-12-8-17-15(22-12)9(2)18-13-7-11(5-6-16-13)14-19-10(3)20-21-14/h5-9H,4H2,1-3H3,(H,16,18). The van der Waals surface area contributed by atoms with E-state index < -0.39 is 0 Å². The van der Waals surface area contributed by atoms with Gasteiger partial charge in [0, 0.05) is 22.8 Å². The zero-order valence-electron chi connectivity index (χ0n) is 12.7.